The van der Waals surface area contributed by atoms with Gasteiger partial charge in [0.15, 0.2) is 0 Å². The number of fused-ring (bicyclic) bond motifs is 1. The summed E-state index contributed by atoms with van der Waals surface area (Å²) in [7, 11) is 0. The zero-order valence-electron chi connectivity index (χ0n) is 10.3. The fourth-order valence-corrected chi connectivity index (χ4v) is 2.37. The van der Waals surface area contributed by atoms with Crippen molar-refractivity contribution in [1.82, 2.24) is 10.3 Å². The van der Waals surface area contributed by atoms with Crippen molar-refractivity contribution >= 4 is 16.6 Å². The highest BCUT2D eigenvalue weighted by atomic mass is 19.1. The van der Waals surface area contributed by atoms with Gasteiger partial charge in [-0.25, -0.2) is 4.39 Å². The predicted molar refractivity (Wildman–Crippen MR) is 71.7 cm³/mol. The molecule has 0 aliphatic carbocycles. The number of aromatic nitrogens is 1. The van der Waals surface area contributed by atoms with E-state index >= 15 is 0 Å². The number of allylic oxidation sites excluding steroid dienone is 1. The molecule has 1 N–H and O–H groups in total. The van der Waals surface area contributed by atoms with Crippen LogP contribution in [0.25, 0.3) is 16.6 Å². The minimum Gasteiger partial charge on any atom is -0.385 e. The molecule has 0 fully saturated rings. The predicted octanol–water partition coefficient (Wildman–Crippen LogP) is 3.41. The third kappa shape index (κ3) is 1.96. The van der Waals surface area contributed by atoms with Gasteiger partial charge in [0.05, 0.1) is 5.52 Å². The summed E-state index contributed by atoms with van der Waals surface area (Å²) in [5.74, 6) is -0.218. The van der Waals surface area contributed by atoms with E-state index < -0.39 is 0 Å². The molecule has 0 saturated heterocycles. The van der Waals surface area contributed by atoms with Crippen LogP contribution in [0.5, 0.6) is 0 Å². The van der Waals surface area contributed by atoms with E-state index in [1.165, 1.54) is 12.1 Å². The molecular formula is C15H15FN2. The zero-order valence-corrected chi connectivity index (χ0v) is 10.3. The van der Waals surface area contributed by atoms with Crippen LogP contribution in [0.2, 0.25) is 0 Å². The van der Waals surface area contributed by atoms with Crippen LogP contribution in [0.1, 0.15) is 24.1 Å². The second-order valence-electron chi connectivity index (χ2n) is 4.65. The van der Waals surface area contributed by atoms with Gasteiger partial charge in [-0.05, 0) is 44.0 Å². The van der Waals surface area contributed by atoms with Crippen molar-refractivity contribution in [3.8, 4) is 0 Å². The second-order valence-corrected chi connectivity index (χ2v) is 4.65. The van der Waals surface area contributed by atoms with Crippen LogP contribution in [-0.4, -0.2) is 11.5 Å². The summed E-state index contributed by atoms with van der Waals surface area (Å²) in [5.41, 5.74) is 4.02. The molecule has 92 valence electrons. The Balaban J connectivity index is 2.16. The standard InChI is InChI=1S/C15H15FN2/c1-10-13(15-4-2-3-7-17-15)9-11-8-12(16)5-6-14(11)18-10/h4-6,8-9,17H,2-3,7H2,1H3. The number of hydrogen-bond acceptors (Lipinski definition) is 2. The Morgan fingerprint density at radius 3 is 2.94 bits per heavy atom. The largest absolute Gasteiger partial charge is 0.385 e. The van der Waals surface area contributed by atoms with Crippen molar-refractivity contribution in [2.24, 2.45) is 0 Å². The number of hydrogen-bond donors (Lipinski definition) is 1. The van der Waals surface area contributed by atoms with E-state index in [2.05, 4.69) is 16.4 Å². The van der Waals surface area contributed by atoms with E-state index in [0.29, 0.717) is 0 Å². The average molecular weight is 242 g/mol. The smallest absolute Gasteiger partial charge is 0.123 e. The van der Waals surface area contributed by atoms with Gasteiger partial charge in [-0.1, -0.05) is 6.08 Å². The van der Waals surface area contributed by atoms with Gasteiger partial charge in [-0.3, -0.25) is 4.98 Å². The molecule has 1 aromatic heterocycles. The maximum absolute atomic E-state index is 13.3. The lowest BCUT2D eigenvalue weighted by atomic mass is 10.0. The first-order valence-electron chi connectivity index (χ1n) is 6.25. The number of aryl methyl sites for hydroxylation is 1. The monoisotopic (exact) mass is 242 g/mol. The lowest BCUT2D eigenvalue weighted by Gasteiger charge is -2.17. The molecule has 1 aliphatic rings. The van der Waals surface area contributed by atoms with Gasteiger partial charge in [0, 0.05) is 28.9 Å². The normalized spacial score (nSPS) is 15.3. The van der Waals surface area contributed by atoms with Crippen LogP contribution in [0.4, 0.5) is 4.39 Å². The topological polar surface area (TPSA) is 24.9 Å². The van der Waals surface area contributed by atoms with E-state index in [1.807, 2.05) is 13.0 Å². The van der Waals surface area contributed by atoms with Crippen molar-refractivity contribution in [3.05, 3.63) is 47.4 Å². The molecule has 0 unspecified atom stereocenters. The molecule has 2 nitrogen and oxygen atoms in total. The third-order valence-corrected chi connectivity index (χ3v) is 3.30. The average Bonchev–Trinajstić information content (AvgIpc) is 2.39. The minimum atomic E-state index is -0.218. The fraction of sp³-hybridized carbons (Fsp3) is 0.267. The molecule has 0 radical (unpaired) electrons. The van der Waals surface area contributed by atoms with Crippen molar-refractivity contribution in [3.63, 3.8) is 0 Å². The van der Waals surface area contributed by atoms with Crippen LogP contribution in [0.3, 0.4) is 0 Å². The molecule has 1 aromatic carbocycles. The lowest BCUT2D eigenvalue weighted by Crippen LogP contribution is -2.18. The maximum atomic E-state index is 13.3. The SMILES string of the molecule is Cc1nc2ccc(F)cc2cc1C1=CCCCN1. The maximum Gasteiger partial charge on any atom is 0.123 e. The molecular weight excluding hydrogens is 227 g/mol. The number of benzene rings is 1. The van der Waals surface area contributed by atoms with E-state index in [0.717, 1.165) is 47.2 Å². The van der Waals surface area contributed by atoms with Crippen LogP contribution < -0.4 is 5.32 Å². The van der Waals surface area contributed by atoms with Crippen molar-refractivity contribution in [1.29, 1.82) is 0 Å². The molecule has 0 amide bonds. The highest BCUT2D eigenvalue weighted by molar-refractivity contribution is 5.83. The number of nitrogens with zero attached hydrogens (tertiary/aromatic N) is 1. The highest BCUT2D eigenvalue weighted by Crippen LogP contribution is 2.24. The van der Waals surface area contributed by atoms with Crippen LogP contribution in [0.15, 0.2) is 30.3 Å². The van der Waals surface area contributed by atoms with Gasteiger partial charge in [0.25, 0.3) is 0 Å². The minimum absolute atomic E-state index is 0.218. The second kappa shape index (κ2) is 4.41. The summed E-state index contributed by atoms with van der Waals surface area (Å²) in [4.78, 5) is 4.54. The summed E-state index contributed by atoms with van der Waals surface area (Å²) >= 11 is 0. The molecule has 1 aliphatic heterocycles. The van der Waals surface area contributed by atoms with E-state index in [1.54, 1.807) is 6.07 Å². The Morgan fingerprint density at radius 2 is 2.17 bits per heavy atom. The molecule has 2 aromatic rings. The summed E-state index contributed by atoms with van der Waals surface area (Å²) in [6.07, 6.45) is 4.44. The lowest BCUT2D eigenvalue weighted by molar-refractivity contribution is 0.629. The quantitative estimate of drug-likeness (QED) is 0.829. The van der Waals surface area contributed by atoms with Crippen molar-refractivity contribution in [2.75, 3.05) is 6.54 Å². The molecule has 3 rings (SSSR count). The first-order chi connectivity index (χ1) is 8.74. The van der Waals surface area contributed by atoms with Crippen molar-refractivity contribution < 1.29 is 4.39 Å². The first-order valence-corrected chi connectivity index (χ1v) is 6.25. The van der Waals surface area contributed by atoms with Gasteiger partial charge in [0.1, 0.15) is 5.82 Å². The Kier molecular flexibility index (Phi) is 2.74. The van der Waals surface area contributed by atoms with Gasteiger partial charge < -0.3 is 5.32 Å². The molecule has 0 saturated carbocycles. The molecule has 0 bridgehead atoms. The number of pyridine rings is 1. The summed E-state index contributed by atoms with van der Waals surface area (Å²) < 4.78 is 13.3. The Morgan fingerprint density at radius 1 is 1.28 bits per heavy atom. The number of rotatable bonds is 1. The van der Waals surface area contributed by atoms with Gasteiger partial charge in [-0.2, -0.15) is 0 Å². The van der Waals surface area contributed by atoms with Gasteiger partial charge in [0.2, 0.25) is 0 Å². The summed E-state index contributed by atoms with van der Waals surface area (Å²) in [6.45, 7) is 2.99. The number of halogens is 1. The van der Waals surface area contributed by atoms with E-state index in [9.17, 15) is 4.39 Å². The molecule has 0 spiro atoms. The Bertz CT molecular complexity index is 632. The third-order valence-electron chi connectivity index (χ3n) is 3.30. The number of nitrogens with one attached hydrogen (secondary N) is 1. The molecule has 0 atom stereocenters. The Hall–Kier alpha value is -1.90. The van der Waals surface area contributed by atoms with Crippen LogP contribution in [0, 0.1) is 12.7 Å². The fourth-order valence-electron chi connectivity index (χ4n) is 2.37. The molecule has 18 heavy (non-hydrogen) atoms. The molecule has 3 heteroatoms. The van der Waals surface area contributed by atoms with Gasteiger partial charge in [-0.15, -0.1) is 0 Å². The Labute approximate surface area is 106 Å². The van der Waals surface area contributed by atoms with Crippen molar-refractivity contribution in [2.45, 2.75) is 19.8 Å². The van der Waals surface area contributed by atoms with Crippen LogP contribution in [-0.2, 0) is 0 Å². The first kappa shape index (κ1) is 11.2. The highest BCUT2D eigenvalue weighted by Gasteiger charge is 2.10. The molecule has 2 heterocycles. The zero-order chi connectivity index (χ0) is 12.5. The van der Waals surface area contributed by atoms with Crippen LogP contribution >= 0.6 is 0 Å². The van der Waals surface area contributed by atoms with Gasteiger partial charge >= 0.3 is 0 Å². The summed E-state index contributed by atoms with van der Waals surface area (Å²) in [6, 6.07) is 6.73. The van der Waals surface area contributed by atoms with E-state index in [-0.39, 0.29) is 5.82 Å². The summed E-state index contributed by atoms with van der Waals surface area (Å²) in [5, 5.41) is 4.23. The van der Waals surface area contributed by atoms with E-state index in [4.69, 9.17) is 0 Å².